The fourth-order valence-corrected chi connectivity index (χ4v) is 4.43. The van der Waals surface area contributed by atoms with Crippen LogP contribution >= 0.6 is 23.4 Å². The second-order valence-electron chi connectivity index (χ2n) is 6.41. The highest BCUT2D eigenvalue weighted by molar-refractivity contribution is 7.99. The average Bonchev–Trinajstić information content (AvgIpc) is 2.68. The fraction of sp³-hybridized carbons (Fsp3) is 0.227. The molecule has 0 radical (unpaired) electrons. The molecule has 0 fully saturated rings. The summed E-state index contributed by atoms with van der Waals surface area (Å²) in [6.45, 7) is 1.07. The standard InChI is InChI=1S/C22H21ClN2S.ClH/c23-10-13-26-12-5-11-24-22-18-8-3-4-9-20(18)25-21-15-17-7-2-1-6-16(17)14-19(21)22;/h1-4,6-9,14-15H,5,10-13H2,(H,24,25);1H. The number of nitrogens with two attached hydrogens (primary N) is 1. The molecule has 0 amide bonds. The number of rotatable bonds is 7. The Morgan fingerprint density at radius 1 is 0.852 bits per heavy atom. The van der Waals surface area contributed by atoms with Crippen molar-refractivity contribution in [1.29, 1.82) is 0 Å². The van der Waals surface area contributed by atoms with E-state index in [1.807, 2.05) is 11.8 Å². The lowest BCUT2D eigenvalue weighted by Crippen LogP contribution is -3.00. The molecule has 0 aliphatic rings. The molecule has 0 aliphatic carbocycles. The number of para-hydroxylation sites is 1. The van der Waals surface area contributed by atoms with Gasteiger partial charge in [-0.1, -0.05) is 36.4 Å². The van der Waals surface area contributed by atoms with Gasteiger partial charge in [0, 0.05) is 18.1 Å². The normalized spacial score (nSPS) is 11.1. The topological polar surface area (TPSA) is 29.5 Å². The van der Waals surface area contributed by atoms with Crippen LogP contribution in [0.5, 0.6) is 0 Å². The van der Waals surface area contributed by atoms with Crippen molar-refractivity contribution >= 4 is 61.6 Å². The molecule has 3 aromatic carbocycles. The predicted octanol–water partition coefficient (Wildman–Crippen LogP) is 2.10. The van der Waals surface area contributed by atoms with Gasteiger partial charge in [-0.05, 0) is 40.8 Å². The first kappa shape index (κ1) is 20.2. The first-order valence-electron chi connectivity index (χ1n) is 9.05. The number of quaternary nitrogens is 1. The maximum atomic E-state index is 5.75. The van der Waals surface area contributed by atoms with Crippen molar-refractivity contribution in [3.63, 3.8) is 0 Å². The third kappa shape index (κ3) is 4.49. The van der Waals surface area contributed by atoms with Crippen molar-refractivity contribution in [1.82, 2.24) is 4.98 Å². The molecular weight excluding hydrogens is 395 g/mol. The van der Waals surface area contributed by atoms with E-state index in [0.717, 1.165) is 35.0 Å². The number of thioether (sulfide) groups is 1. The van der Waals surface area contributed by atoms with Gasteiger partial charge in [-0.25, -0.2) is 4.98 Å². The van der Waals surface area contributed by atoms with Crippen molar-refractivity contribution in [2.75, 3.05) is 23.9 Å². The van der Waals surface area contributed by atoms with Gasteiger partial charge < -0.3 is 17.7 Å². The van der Waals surface area contributed by atoms with Gasteiger partial charge in [-0.15, -0.1) is 11.6 Å². The minimum atomic E-state index is 0. The van der Waals surface area contributed by atoms with Gasteiger partial charge >= 0.3 is 0 Å². The summed E-state index contributed by atoms with van der Waals surface area (Å²) in [4.78, 5) is 4.92. The lowest BCUT2D eigenvalue weighted by molar-refractivity contribution is -0.568. The van der Waals surface area contributed by atoms with Gasteiger partial charge in [-0.2, -0.15) is 11.8 Å². The van der Waals surface area contributed by atoms with E-state index >= 15 is 0 Å². The second-order valence-corrected chi connectivity index (χ2v) is 8.01. The Balaban J connectivity index is 0.00000210. The summed E-state index contributed by atoms with van der Waals surface area (Å²) in [5.41, 5.74) is 3.46. The molecule has 0 atom stereocenters. The van der Waals surface area contributed by atoms with Crippen molar-refractivity contribution in [2.45, 2.75) is 6.42 Å². The van der Waals surface area contributed by atoms with Crippen LogP contribution in [0.15, 0.2) is 60.7 Å². The number of nitrogens with zero attached hydrogens (tertiary/aromatic N) is 1. The number of halogens is 2. The van der Waals surface area contributed by atoms with Crippen LogP contribution in [0.3, 0.4) is 0 Å². The number of hydrogen-bond acceptors (Lipinski definition) is 2. The minimum Gasteiger partial charge on any atom is -1.00 e. The van der Waals surface area contributed by atoms with E-state index < -0.39 is 0 Å². The Bertz CT molecular complexity index is 1050. The highest BCUT2D eigenvalue weighted by Crippen LogP contribution is 2.30. The third-order valence-corrected chi connectivity index (χ3v) is 6.14. The Kier molecular flexibility index (Phi) is 7.20. The van der Waals surface area contributed by atoms with E-state index in [9.17, 15) is 0 Å². The molecule has 1 heterocycles. The maximum absolute atomic E-state index is 5.75. The minimum absolute atomic E-state index is 0. The third-order valence-electron chi connectivity index (χ3n) is 4.65. The maximum Gasteiger partial charge on any atom is 0.148 e. The van der Waals surface area contributed by atoms with Gasteiger partial charge in [0.15, 0.2) is 0 Å². The largest absolute Gasteiger partial charge is 1.00 e. The lowest BCUT2D eigenvalue weighted by Gasteiger charge is -2.10. The molecule has 27 heavy (non-hydrogen) atoms. The Hall–Kier alpha value is -1.52. The molecule has 0 spiro atoms. The summed E-state index contributed by atoms with van der Waals surface area (Å²) >= 11 is 7.69. The van der Waals surface area contributed by atoms with Crippen LogP contribution in [0.4, 0.5) is 5.69 Å². The monoisotopic (exact) mass is 416 g/mol. The molecule has 1 aromatic heterocycles. The molecule has 2 N–H and O–H groups in total. The first-order valence-corrected chi connectivity index (χ1v) is 10.7. The van der Waals surface area contributed by atoms with Crippen molar-refractivity contribution < 1.29 is 17.7 Å². The van der Waals surface area contributed by atoms with Gasteiger partial charge in [-0.3, -0.25) is 0 Å². The highest BCUT2D eigenvalue weighted by atomic mass is 35.5. The molecule has 0 unspecified atom stereocenters. The number of benzene rings is 3. The molecule has 0 bridgehead atoms. The SMILES string of the molecule is ClCCSCCC[NH2+]c1c2ccccc2nc2cc3ccccc3cc12.[Cl-]. The number of alkyl halides is 1. The van der Waals surface area contributed by atoms with Gasteiger partial charge in [0.2, 0.25) is 0 Å². The van der Waals surface area contributed by atoms with Crippen molar-refractivity contribution in [2.24, 2.45) is 0 Å². The smallest absolute Gasteiger partial charge is 0.148 e. The fourth-order valence-electron chi connectivity index (χ4n) is 3.42. The van der Waals surface area contributed by atoms with E-state index in [0.29, 0.717) is 0 Å². The summed E-state index contributed by atoms with van der Waals surface area (Å²) in [6.07, 6.45) is 1.17. The van der Waals surface area contributed by atoms with Gasteiger partial charge in [0.25, 0.3) is 0 Å². The van der Waals surface area contributed by atoms with Crippen LogP contribution < -0.4 is 17.7 Å². The van der Waals surface area contributed by atoms with Crippen LogP contribution in [0, 0.1) is 0 Å². The van der Waals surface area contributed by atoms with Crippen LogP contribution in [0.1, 0.15) is 6.42 Å². The van der Waals surface area contributed by atoms with Crippen LogP contribution in [-0.4, -0.2) is 28.9 Å². The van der Waals surface area contributed by atoms with E-state index in [4.69, 9.17) is 16.6 Å². The average molecular weight is 417 g/mol. The van der Waals surface area contributed by atoms with Crippen molar-refractivity contribution in [3.8, 4) is 0 Å². The van der Waals surface area contributed by atoms with Crippen LogP contribution in [0.2, 0.25) is 0 Å². The van der Waals surface area contributed by atoms with E-state index in [1.165, 1.54) is 33.7 Å². The zero-order chi connectivity index (χ0) is 17.8. The zero-order valence-corrected chi connectivity index (χ0v) is 17.3. The summed E-state index contributed by atoms with van der Waals surface area (Å²) in [5.74, 6) is 2.93. The Labute approximate surface area is 175 Å². The molecule has 140 valence electrons. The first-order chi connectivity index (χ1) is 12.9. The van der Waals surface area contributed by atoms with E-state index in [-0.39, 0.29) is 12.4 Å². The summed E-state index contributed by atoms with van der Waals surface area (Å²) in [6, 6.07) is 21.5. The summed E-state index contributed by atoms with van der Waals surface area (Å²) in [7, 11) is 0. The second kappa shape index (κ2) is 9.61. The summed E-state index contributed by atoms with van der Waals surface area (Å²) in [5, 5.41) is 7.39. The quantitative estimate of drug-likeness (QED) is 0.284. The molecule has 5 heteroatoms. The molecular formula is C22H22Cl2N2S. The molecule has 4 rings (SSSR count). The Morgan fingerprint density at radius 3 is 2.41 bits per heavy atom. The van der Waals surface area contributed by atoms with Gasteiger partial charge in [0.05, 0.1) is 28.4 Å². The molecule has 0 aliphatic heterocycles. The number of fused-ring (bicyclic) bond motifs is 3. The highest BCUT2D eigenvalue weighted by Gasteiger charge is 2.13. The van der Waals surface area contributed by atoms with Crippen LogP contribution in [-0.2, 0) is 0 Å². The molecule has 4 aromatic rings. The molecule has 0 saturated carbocycles. The number of hydrogen-bond donors (Lipinski definition) is 1. The number of aromatic nitrogens is 1. The van der Waals surface area contributed by atoms with Gasteiger partial charge in [0.1, 0.15) is 5.69 Å². The van der Waals surface area contributed by atoms with E-state index in [1.54, 1.807) is 0 Å². The van der Waals surface area contributed by atoms with Crippen molar-refractivity contribution in [3.05, 3.63) is 60.7 Å². The molecule has 0 saturated heterocycles. The number of pyridine rings is 1. The summed E-state index contributed by atoms with van der Waals surface area (Å²) < 4.78 is 0. The zero-order valence-electron chi connectivity index (χ0n) is 15.0. The van der Waals surface area contributed by atoms with Crippen LogP contribution in [0.25, 0.3) is 32.6 Å². The molecule has 2 nitrogen and oxygen atoms in total. The predicted molar refractivity (Wildman–Crippen MR) is 116 cm³/mol. The lowest BCUT2D eigenvalue weighted by atomic mass is 10.0. The van der Waals surface area contributed by atoms with E-state index in [2.05, 4.69) is 66.0 Å². The Morgan fingerprint density at radius 2 is 1.59 bits per heavy atom.